The largest absolute Gasteiger partial charge is 0.369 e. The summed E-state index contributed by atoms with van der Waals surface area (Å²) >= 11 is 0. The molecule has 7 heteroatoms. The van der Waals surface area contributed by atoms with E-state index in [4.69, 9.17) is 10.5 Å². The summed E-state index contributed by atoms with van der Waals surface area (Å²) in [6, 6.07) is -0.606. The van der Waals surface area contributed by atoms with Crippen LogP contribution in [0.1, 0.15) is 33.6 Å². The molecular weight excluding hydrogens is 310 g/mol. The lowest BCUT2D eigenvalue weighted by molar-refractivity contribution is -0.126. The summed E-state index contributed by atoms with van der Waals surface area (Å²) in [7, 11) is 3.89. The van der Waals surface area contributed by atoms with E-state index < -0.39 is 17.4 Å². The van der Waals surface area contributed by atoms with Gasteiger partial charge in [-0.1, -0.05) is 20.8 Å². The lowest BCUT2D eigenvalue weighted by atomic mass is 9.76. The maximum atomic E-state index is 12.2. The molecule has 1 fully saturated rings. The number of primary amides is 1. The van der Waals surface area contributed by atoms with Gasteiger partial charge in [-0.25, -0.2) is 0 Å². The highest BCUT2D eigenvalue weighted by Gasteiger charge is 2.37. The quantitative estimate of drug-likeness (QED) is 0.621. The third kappa shape index (κ3) is 5.87. The van der Waals surface area contributed by atoms with Crippen LogP contribution in [0.5, 0.6) is 0 Å². The van der Waals surface area contributed by atoms with Crippen LogP contribution in [-0.4, -0.2) is 61.9 Å². The highest BCUT2D eigenvalue weighted by atomic mass is 16.5. The number of nitrogens with one attached hydrogen (secondary N) is 1. The van der Waals surface area contributed by atoms with Crippen molar-refractivity contribution >= 4 is 17.6 Å². The first-order chi connectivity index (χ1) is 11.0. The number of amides is 2. The Balaban J connectivity index is 2.53. The number of nitrogens with two attached hydrogens (primary N) is 1. The molecular formula is C17H30N3O4. The van der Waals surface area contributed by atoms with Crippen LogP contribution >= 0.6 is 0 Å². The zero-order chi connectivity index (χ0) is 18.5. The van der Waals surface area contributed by atoms with Crippen molar-refractivity contribution in [2.75, 3.05) is 27.2 Å². The van der Waals surface area contributed by atoms with Crippen LogP contribution in [0.2, 0.25) is 0 Å². The predicted molar refractivity (Wildman–Crippen MR) is 90.9 cm³/mol. The number of rotatable bonds is 9. The standard InChI is InChI=1S/C17H30N3O4/c1-11(16(18)23)17(2,3)8-6-14(22)19-15-12(21)10-24-13(15)7-9-20(4)5/h6,11,13,15H,7-10H2,1-5H3,(H2,18,23)(H,19,22). The predicted octanol–water partition coefficient (Wildman–Crippen LogP) is 0.133. The topological polar surface area (TPSA) is 102 Å². The molecule has 7 nitrogen and oxygen atoms in total. The second-order valence-corrected chi connectivity index (χ2v) is 7.41. The summed E-state index contributed by atoms with van der Waals surface area (Å²) in [6.45, 7) is 6.33. The minimum Gasteiger partial charge on any atom is -0.369 e. The third-order valence-electron chi connectivity index (χ3n) is 4.73. The molecule has 1 rings (SSSR count). The molecule has 0 aromatic heterocycles. The number of nitrogens with zero attached hydrogens (tertiary/aromatic N) is 1. The van der Waals surface area contributed by atoms with E-state index in [1.54, 1.807) is 6.92 Å². The van der Waals surface area contributed by atoms with E-state index in [-0.39, 0.29) is 30.3 Å². The summed E-state index contributed by atoms with van der Waals surface area (Å²) in [5, 5.41) is 2.74. The summed E-state index contributed by atoms with van der Waals surface area (Å²) in [5.74, 6) is -1.17. The molecule has 2 amide bonds. The number of carbonyl (C=O) groups is 3. The number of Topliss-reactive ketones (excluding diaryl/α,β-unsaturated/α-hetero) is 1. The van der Waals surface area contributed by atoms with Crippen LogP contribution in [0, 0.1) is 17.8 Å². The Labute approximate surface area is 144 Å². The lowest BCUT2D eigenvalue weighted by Gasteiger charge is -2.29. The first kappa shape index (κ1) is 20.6. The van der Waals surface area contributed by atoms with Crippen molar-refractivity contribution in [2.24, 2.45) is 17.1 Å². The van der Waals surface area contributed by atoms with Crippen LogP contribution in [-0.2, 0) is 19.1 Å². The van der Waals surface area contributed by atoms with E-state index in [9.17, 15) is 14.4 Å². The Hall–Kier alpha value is -1.47. The van der Waals surface area contributed by atoms with Crippen molar-refractivity contribution in [3.8, 4) is 0 Å². The minimum atomic E-state index is -0.606. The first-order valence-corrected chi connectivity index (χ1v) is 8.26. The fraction of sp³-hybridized carbons (Fsp3) is 0.765. The summed E-state index contributed by atoms with van der Waals surface area (Å²) in [5.41, 5.74) is 4.91. The molecule has 24 heavy (non-hydrogen) atoms. The van der Waals surface area contributed by atoms with Crippen LogP contribution in [0.25, 0.3) is 0 Å². The molecule has 1 radical (unpaired) electrons. The van der Waals surface area contributed by atoms with Crippen LogP contribution in [0.15, 0.2) is 0 Å². The molecule has 1 saturated heterocycles. The molecule has 3 unspecified atom stereocenters. The molecule has 1 aliphatic heterocycles. The number of hydrogen-bond donors (Lipinski definition) is 2. The normalized spacial score (nSPS) is 22.7. The molecule has 1 heterocycles. The van der Waals surface area contributed by atoms with E-state index in [0.717, 1.165) is 6.54 Å². The minimum absolute atomic E-state index is 0.0350. The van der Waals surface area contributed by atoms with E-state index >= 15 is 0 Å². The maximum absolute atomic E-state index is 12.2. The number of ketones is 1. The average Bonchev–Trinajstić information content (AvgIpc) is 2.83. The second kappa shape index (κ2) is 8.58. The van der Waals surface area contributed by atoms with Gasteiger partial charge < -0.3 is 20.7 Å². The van der Waals surface area contributed by atoms with Crippen molar-refractivity contribution in [1.82, 2.24) is 10.2 Å². The smallest absolute Gasteiger partial charge is 0.224 e. The van der Waals surface area contributed by atoms with E-state index in [1.165, 1.54) is 6.42 Å². The summed E-state index contributed by atoms with van der Waals surface area (Å²) < 4.78 is 5.48. The molecule has 0 aromatic rings. The van der Waals surface area contributed by atoms with Crippen LogP contribution in [0.3, 0.4) is 0 Å². The molecule has 0 aromatic carbocycles. The van der Waals surface area contributed by atoms with Gasteiger partial charge >= 0.3 is 0 Å². The second-order valence-electron chi connectivity index (χ2n) is 7.41. The zero-order valence-corrected chi connectivity index (χ0v) is 15.3. The fourth-order valence-electron chi connectivity index (χ4n) is 2.52. The van der Waals surface area contributed by atoms with Crippen molar-refractivity contribution in [3.63, 3.8) is 0 Å². The van der Waals surface area contributed by atoms with Crippen molar-refractivity contribution in [2.45, 2.75) is 45.8 Å². The third-order valence-corrected chi connectivity index (χ3v) is 4.73. The van der Waals surface area contributed by atoms with Gasteiger partial charge in [0.15, 0.2) is 5.78 Å². The number of hydrogen-bond acceptors (Lipinski definition) is 5. The molecule has 3 N–H and O–H groups in total. The molecule has 0 spiro atoms. The highest BCUT2D eigenvalue weighted by Crippen LogP contribution is 2.31. The Morgan fingerprint density at radius 1 is 1.46 bits per heavy atom. The maximum Gasteiger partial charge on any atom is 0.224 e. The SMILES string of the molecule is CC(C(N)=O)C(C)(C)C[CH]C(=O)NC1C(=O)COC1CCN(C)C. The van der Waals surface area contributed by atoms with Crippen molar-refractivity contribution in [1.29, 1.82) is 0 Å². The first-order valence-electron chi connectivity index (χ1n) is 8.26. The van der Waals surface area contributed by atoms with Gasteiger partial charge in [0.2, 0.25) is 11.8 Å². The average molecular weight is 340 g/mol. The van der Waals surface area contributed by atoms with Gasteiger partial charge in [0.05, 0.1) is 12.5 Å². The zero-order valence-electron chi connectivity index (χ0n) is 15.3. The van der Waals surface area contributed by atoms with Gasteiger partial charge in [0.1, 0.15) is 12.6 Å². The Morgan fingerprint density at radius 2 is 2.08 bits per heavy atom. The molecule has 1 aliphatic rings. The lowest BCUT2D eigenvalue weighted by Crippen LogP contribution is -2.46. The Morgan fingerprint density at radius 3 is 2.62 bits per heavy atom. The molecule has 0 aliphatic carbocycles. The van der Waals surface area contributed by atoms with E-state index in [2.05, 4.69) is 5.32 Å². The molecule has 137 valence electrons. The molecule has 3 atom stereocenters. The van der Waals surface area contributed by atoms with Crippen molar-refractivity contribution in [3.05, 3.63) is 6.42 Å². The van der Waals surface area contributed by atoms with Gasteiger partial charge in [0, 0.05) is 12.5 Å². The fourth-order valence-corrected chi connectivity index (χ4v) is 2.52. The van der Waals surface area contributed by atoms with Gasteiger partial charge in [-0.05, 0) is 32.4 Å². The molecule has 0 bridgehead atoms. The Kier molecular flexibility index (Phi) is 7.35. The van der Waals surface area contributed by atoms with Crippen molar-refractivity contribution < 1.29 is 19.1 Å². The number of ether oxygens (including phenoxy) is 1. The summed E-state index contributed by atoms with van der Waals surface area (Å²) in [4.78, 5) is 37.4. The Bertz CT molecular complexity index is 476. The molecule has 0 saturated carbocycles. The van der Waals surface area contributed by atoms with Gasteiger partial charge in [-0.15, -0.1) is 0 Å². The van der Waals surface area contributed by atoms with E-state index in [0.29, 0.717) is 12.8 Å². The summed E-state index contributed by atoms with van der Waals surface area (Å²) in [6.07, 6.45) is 2.25. The monoisotopic (exact) mass is 340 g/mol. The van der Waals surface area contributed by atoms with E-state index in [1.807, 2.05) is 32.8 Å². The van der Waals surface area contributed by atoms with Crippen LogP contribution < -0.4 is 11.1 Å². The highest BCUT2D eigenvalue weighted by molar-refractivity contribution is 5.94. The van der Waals surface area contributed by atoms with Crippen LogP contribution in [0.4, 0.5) is 0 Å². The van der Waals surface area contributed by atoms with Gasteiger partial charge in [-0.3, -0.25) is 14.4 Å². The van der Waals surface area contributed by atoms with Gasteiger partial charge in [-0.2, -0.15) is 0 Å². The number of carbonyl (C=O) groups excluding carboxylic acids is 3. The van der Waals surface area contributed by atoms with Gasteiger partial charge in [0.25, 0.3) is 0 Å².